The molecule has 0 aliphatic carbocycles. The van der Waals surface area contributed by atoms with E-state index in [2.05, 4.69) is 31.8 Å². The minimum Gasteiger partial charge on any atom is -0.381 e. The number of aryl methyl sites for hydroxylation is 1. The fraction of sp³-hybridized carbons (Fsp3) is 0.600. The van der Waals surface area contributed by atoms with Gasteiger partial charge < -0.3 is 14.6 Å². The monoisotopic (exact) mass is 287 g/mol. The largest absolute Gasteiger partial charge is 0.381 e. The van der Waals surface area contributed by atoms with Gasteiger partial charge in [-0.1, -0.05) is 0 Å². The number of ether oxygens (including phenoxy) is 1. The highest BCUT2D eigenvalue weighted by Gasteiger charge is 2.21. The highest BCUT2D eigenvalue weighted by atomic mass is 16.5. The molecule has 0 amide bonds. The molecular formula is C15H21N5O. The van der Waals surface area contributed by atoms with Crippen molar-refractivity contribution in [3.8, 4) is 11.5 Å². The first-order valence-corrected chi connectivity index (χ1v) is 7.80. The molecule has 0 saturated carbocycles. The third kappa shape index (κ3) is 2.49. The van der Waals surface area contributed by atoms with E-state index < -0.39 is 0 Å². The van der Waals surface area contributed by atoms with E-state index in [0.29, 0.717) is 6.04 Å². The summed E-state index contributed by atoms with van der Waals surface area (Å²) < 4.78 is 9.86. The van der Waals surface area contributed by atoms with Crippen LogP contribution in [0.15, 0.2) is 18.5 Å². The van der Waals surface area contributed by atoms with Gasteiger partial charge in [0.25, 0.3) is 0 Å². The topological polar surface area (TPSA) is 56.9 Å². The van der Waals surface area contributed by atoms with E-state index in [1.807, 2.05) is 6.20 Å². The van der Waals surface area contributed by atoms with Gasteiger partial charge in [0.1, 0.15) is 5.69 Å². The molecule has 2 aromatic rings. The Labute approximate surface area is 124 Å². The zero-order chi connectivity index (χ0) is 14.1. The van der Waals surface area contributed by atoms with Crippen LogP contribution in [0.5, 0.6) is 0 Å². The van der Waals surface area contributed by atoms with Crippen LogP contribution in [0.4, 0.5) is 0 Å². The summed E-state index contributed by atoms with van der Waals surface area (Å²) in [7, 11) is 0. The van der Waals surface area contributed by atoms with Crippen molar-refractivity contribution in [3.05, 3.63) is 24.2 Å². The first kappa shape index (κ1) is 13.0. The summed E-state index contributed by atoms with van der Waals surface area (Å²) in [5.74, 6) is 0.988. The molecule has 4 heterocycles. The van der Waals surface area contributed by atoms with E-state index in [-0.39, 0.29) is 0 Å². The summed E-state index contributed by atoms with van der Waals surface area (Å²) in [6.07, 6.45) is 7.20. The molecule has 1 saturated heterocycles. The highest BCUT2D eigenvalue weighted by molar-refractivity contribution is 5.50. The number of nitrogens with one attached hydrogen (secondary N) is 1. The second-order valence-corrected chi connectivity index (χ2v) is 5.78. The van der Waals surface area contributed by atoms with Crippen molar-refractivity contribution in [1.82, 2.24) is 24.6 Å². The number of nitrogens with zero attached hydrogens (tertiary/aromatic N) is 4. The van der Waals surface area contributed by atoms with Gasteiger partial charge in [-0.05, 0) is 31.9 Å². The van der Waals surface area contributed by atoms with Crippen LogP contribution in [0, 0.1) is 0 Å². The molecule has 0 spiro atoms. The van der Waals surface area contributed by atoms with Crippen molar-refractivity contribution < 1.29 is 4.74 Å². The zero-order valence-corrected chi connectivity index (χ0v) is 12.2. The van der Waals surface area contributed by atoms with Crippen LogP contribution in [0.25, 0.3) is 11.5 Å². The maximum Gasteiger partial charge on any atom is 0.160 e. The third-order valence-electron chi connectivity index (χ3n) is 4.37. The Hall–Kier alpha value is -1.66. The first-order valence-electron chi connectivity index (χ1n) is 7.80. The summed E-state index contributed by atoms with van der Waals surface area (Å²) >= 11 is 0. The lowest BCUT2D eigenvalue weighted by atomic mass is 10.1. The van der Waals surface area contributed by atoms with Crippen molar-refractivity contribution in [2.75, 3.05) is 19.8 Å². The quantitative estimate of drug-likeness (QED) is 0.911. The van der Waals surface area contributed by atoms with E-state index in [1.54, 1.807) is 0 Å². The minimum atomic E-state index is 0.482. The van der Waals surface area contributed by atoms with Crippen LogP contribution in [-0.2, 0) is 17.8 Å². The Morgan fingerprint density at radius 1 is 1.29 bits per heavy atom. The lowest BCUT2D eigenvalue weighted by Crippen LogP contribution is -2.19. The van der Waals surface area contributed by atoms with Crippen LogP contribution in [-0.4, -0.2) is 39.1 Å². The normalized spacial score (nSPS) is 20.2. The molecule has 6 heteroatoms. The molecule has 6 nitrogen and oxygen atoms in total. The molecule has 2 aliphatic rings. The Bertz CT molecular complexity index is 588. The molecule has 21 heavy (non-hydrogen) atoms. The van der Waals surface area contributed by atoms with E-state index in [0.717, 1.165) is 63.6 Å². The molecule has 2 aromatic heterocycles. The van der Waals surface area contributed by atoms with Gasteiger partial charge in [0.05, 0.1) is 5.69 Å². The highest BCUT2D eigenvalue weighted by Crippen LogP contribution is 2.27. The van der Waals surface area contributed by atoms with Crippen molar-refractivity contribution >= 4 is 0 Å². The van der Waals surface area contributed by atoms with Crippen molar-refractivity contribution in [1.29, 1.82) is 0 Å². The Morgan fingerprint density at radius 3 is 3.10 bits per heavy atom. The van der Waals surface area contributed by atoms with Crippen molar-refractivity contribution in [3.63, 3.8) is 0 Å². The zero-order valence-electron chi connectivity index (χ0n) is 12.2. The Balaban J connectivity index is 1.66. The van der Waals surface area contributed by atoms with E-state index in [4.69, 9.17) is 9.84 Å². The molecule has 0 radical (unpaired) electrons. The SMILES string of the molecule is c1cn(C2CCOCC2)c(-c2cc3n(n2)CCCNC3)n1. The van der Waals surface area contributed by atoms with E-state index in [9.17, 15) is 0 Å². The van der Waals surface area contributed by atoms with Crippen molar-refractivity contribution in [2.24, 2.45) is 0 Å². The van der Waals surface area contributed by atoms with Crippen LogP contribution in [0.1, 0.15) is 31.0 Å². The van der Waals surface area contributed by atoms with Crippen LogP contribution in [0.2, 0.25) is 0 Å². The summed E-state index contributed by atoms with van der Waals surface area (Å²) in [6.45, 7) is 4.62. The minimum absolute atomic E-state index is 0.482. The molecule has 1 fully saturated rings. The Morgan fingerprint density at radius 2 is 2.19 bits per heavy atom. The number of hydrogen-bond acceptors (Lipinski definition) is 4. The Kier molecular flexibility index (Phi) is 3.48. The van der Waals surface area contributed by atoms with Gasteiger partial charge >= 0.3 is 0 Å². The second kappa shape index (κ2) is 5.61. The predicted octanol–water partition coefficient (Wildman–Crippen LogP) is 1.59. The van der Waals surface area contributed by atoms with Gasteiger partial charge in [-0.2, -0.15) is 5.10 Å². The van der Waals surface area contributed by atoms with Gasteiger partial charge in [0.2, 0.25) is 0 Å². The first-order chi connectivity index (χ1) is 10.4. The number of imidazole rings is 1. The summed E-state index contributed by atoms with van der Waals surface area (Å²) in [5, 5.41) is 8.21. The summed E-state index contributed by atoms with van der Waals surface area (Å²) in [5.41, 5.74) is 2.24. The third-order valence-corrected chi connectivity index (χ3v) is 4.37. The second-order valence-electron chi connectivity index (χ2n) is 5.78. The maximum atomic E-state index is 5.46. The molecule has 112 valence electrons. The molecule has 0 bridgehead atoms. The number of hydrogen-bond donors (Lipinski definition) is 1. The van der Waals surface area contributed by atoms with Gasteiger partial charge in [-0.3, -0.25) is 4.68 Å². The van der Waals surface area contributed by atoms with Gasteiger partial charge in [-0.25, -0.2) is 4.98 Å². The number of rotatable bonds is 2. The van der Waals surface area contributed by atoms with Gasteiger partial charge in [-0.15, -0.1) is 0 Å². The summed E-state index contributed by atoms with van der Waals surface area (Å²) in [4.78, 5) is 4.55. The molecule has 1 N–H and O–H groups in total. The molecule has 4 rings (SSSR count). The van der Waals surface area contributed by atoms with E-state index in [1.165, 1.54) is 5.69 Å². The van der Waals surface area contributed by atoms with Crippen molar-refractivity contribution in [2.45, 2.75) is 38.4 Å². The molecular weight excluding hydrogens is 266 g/mol. The predicted molar refractivity (Wildman–Crippen MR) is 78.9 cm³/mol. The smallest absolute Gasteiger partial charge is 0.160 e. The standard InChI is InChI=1S/C15H21N5O/c1-4-16-11-13-10-14(18-20(13)6-1)15-17-5-7-19(15)12-2-8-21-9-3-12/h5,7,10,12,16H,1-4,6,8-9,11H2. The average molecular weight is 287 g/mol. The number of fused-ring (bicyclic) bond motifs is 1. The lowest BCUT2D eigenvalue weighted by molar-refractivity contribution is 0.0700. The molecule has 0 unspecified atom stereocenters. The van der Waals surface area contributed by atoms with Gasteiger partial charge in [0.15, 0.2) is 5.82 Å². The molecule has 0 atom stereocenters. The van der Waals surface area contributed by atoms with Crippen LogP contribution in [0.3, 0.4) is 0 Å². The fourth-order valence-electron chi connectivity index (χ4n) is 3.24. The fourth-order valence-corrected chi connectivity index (χ4v) is 3.24. The van der Waals surface area contributed by atoms with E-state index >= 15 is 0 Å². The van der Waals surface area contributed by atoms with Crippen LogP contribution < -0.4 is 5.32 Å². The summed E-state index contributed by atoms with van der Waals surface area (Å²) in [6, 6.07) is 2.66. The van der Waals surface area contributed by atoms with Gasteiger partial charge in [0, 0.05) is 44.7 Å². The number of aromatic nitrogens is 4. The molecule has 0 aromatic carbocycles. The maximum absolute atomic E-state index is 5.46. The lowest BCUT2D eigenvalue weighted by Gasteiger charge is -2.24. The molecule has 2 aliphatic heterocycles. The van der Waals surface area contributed by atoms with Crippen LogP contribution >= 0.6 is 0 Å². The average Bonchev–Trinajstić information content (AvgIpc) is 3.10.